The number of hydrogen-bond acceptors (Lipinski definition) is 2. The van der Waals surface area contributed by atoms with E-state index in [1.807, 2.05) is 0 Å². The summed E-state index contributed by atoms with van der Waals surface area (Å²) in [4.78, 5) is 0. The molecule has 1 aliphatic heterocycles. The summed E-state index contributed by atoms with van der Waals surface area (Å²) in [6.07, 6.45) is 4.03. The second-order valence-electron chi connectivity index (χ2n) is 1.91. The highest BCUT2D eigenvalue weighted by Crippen LogP contribution is 1.93. The van der Waals surface area contributed by atoms with Gasteiger partial charge in [0.15, 0.2) is 0 Å². The summed E-state index contributed by atoms with van der Waals surface area (Å²) in [5.74, 6) is 0. The second-order valence-corrected chi connectivity index (χ2v) is 1.91. The molecule has 1 saturated heterocycles. The molecule has 1 aliphatic rings. The minimum Gasteiger partial charge on any atom is -0.258 e. The predicted octanol–water partition coefficient (Wildman–Crippen LogP) is 0.842. The van der Waals surface area contributed by atoms with Crippen molar-refractivity contribution >= 4 is 17.0 Å². The second kappa shape index (κ2) is 5.54. The number of halogens is 1. The van der Waals surface area contributed by atoms with E-state index in [-0.39, 0.29) is 17.0 Å². The molecule has 0 spiro atoms. The third kappa shape index (κ3) is 3.41. The van der Waals surface area contributed by atoms with Gasteiger partial charge < -0.3 is 0 Å². The van der Waals surface area contributed by atoms with Crippen LogP contribution in [0, 0.1) is 0 Å². The Labute approximate surface area is 60.8 Å². The molecule has 2 nitrogen and oxygen atoms in total. The van der Waals surface area contributed by atoms with Gasteiger partial charge >= 0.3 is 0 Å². The summed E-state index contributed by atoms with van der Waals surface area (Å²) in [5.41, 5.74) is 6.19. The lowest BCUT2D eigenvalue weighted by Crippen LogP contribution is -2.30. The molecular formula is C5H13BrN2. The van der Waals surface area contributed by atoms with Crippen molar-refractivity contribution in [1.82, 2.24) is 10.9 Å². The molecule has 8 heavy (non-hydrogen) atoms. The van der Waals surface area contributed by atoms with E-state index in [1.165, 1.54) is 19.3 Å². The molecule has 3 heteroatoms. The van der Waals surface area contributed by atoms with Crippen LogP contribution in [0.3, 0.4) is 0 Å². The first kappa shape index (κ1) is 8.40. The molecule has 0 unspecified atom stereocenters. The van der Waals surface area contributed by atoms with E-state index < -0.39 is 0 Å². The Morgan fingerprint density at radius 3 is 1.75 bits per heavy atom. The van der Waals surface area contributed by atoms with Gasteiger partial charge in [-0.3, -0.25) is 10.9 Å². The molecule has 1 fully saturated rings. The van der Waals surface area contributed by atoms with E-state index in [4.69, 9.17) is 0 Å². The van der Waals surface area contributed by atoms with Crippen LogP contribution in [0.25, 0.3) is 0 Å². The summed E-state index contributed by atoms with van der Waals surface area (Å²) < 4.78 is 0. The minimum atomic E-state index is 0. The van der Waals surface area contributed by atoms with Gasteiger partial charge in [0.1, 0.15) is 0 Å². The van der Waals surface area contributed by atoms with Crippen molar-refractivity contribution in [2.45, 2.75) is 19.3 Å². The van der Waals surface area contributed by atoms with Crippen LogP contribution in [0.2, 0.25) is 0 Å². The smallest absolute Gasteiger partial charge is 0.00997 e. The molecule has 0 bridgehead atoms. The molecule has 0 aromatic rings. The fraction of sp³-hybridized carbons (Fsp3) is 1.00. The van der Waals surface area contributed by atoms with E-state index in [0.29, 0.717) is 0 Å². The van der Waals surface area contributed by atoms with Gasteiger partial charge in [0.25, 0.3) is 0 Å². The topological polar surface area (TPSA) is 24.1 Å². The van der Waals surface area contributed by atoms with Crippen LogP contribution < -0.4 is 10.9 Å². The normalized spacial score (nSPS) is 21.0. The summed E-state index contributed by atoms with van der Waals surface area (Å²) >= 11 is 0. The lowest BCUT2D eigenvalue weighted by molar-refractivity contribution is 0.573. The molecule has 0 amide bonds. The summed E-state index contributed by atoms with van der Waals surface area (Å²) in [6.45, 7) is 2.28. The largest absolute Gasteiger partial charge is 0.258 e. The highest BCUT2D eigenvalue weighted by atomic mass is 79.9. The highest BCUT2D eigenvalue weighted by Gasteiger charge is 1.92. The lowest BCUT2D eigenvalue weighted by atomic mass is 10.2. The zero-order valence-corrected chi connectivity index (χ0v) is 6.66. The van der Waals surface area contributed by atoms with Crippen LogP contribution >= 0.6 is 17.0 Å². The number of hydrazine groups is 1. The average molecular weight is 181 g/mol. The number of hydrogen-bond donors (Lipinski definition) is 2. The Kier molecular flexibility index (Phi) is 5.81. The minimum absolute atomic E-state index is 0. The van der Waals surface area contributed by atoms with Gasteiger partial charge in [-0.2, -0.15) is 0 Å². The zero-order chi connectivity index (χ0) is 4.95. The van der Waals surface area contributed by atoms with E-state index in [9.17, 15) is 0 Å². The van der Waals surface area contributed by atoms with Crippen molar-refractivity contribution in [3.8, 4) is 0 Å². The van der Waals surface area contributed by atoms with Gasteiger partial charge in [-0.1, -0.05) is 6.42 Å². The fourth-order valence-corrected chi connectivity index (χ4v) is 0.780. The molecule has 0 saturated carbocycles. The van der Waals surface area contributed by atoms with E-state index >= 15 is 0 Å². The third-order valence-electron chi connectivity index (χ3n) is 1.23. The maximum atomic E-state index is 3.10. The third-order valence-corrected chi connectivity index (χ3v) is 1.23. The molecule has 0 aliphatic carbocycles. The average Bonchev–Trinajstić information content (AvgIpc) is 1.90. The Morgan fingerprint density at radius 2 is 1.25 bits per heavy atom. The van der Waals surface area contributed by atoms with Crippen LogP contribution in [-0.2, 0) is 0 Å². The number of nitrogens with one attached hydrogen (secondary N) is 2. The molecule has 1 heterocycles. The van der Waals surface area contributed by atoms with Gasteiger partial charge in [-0.15, -0.1) is 17.0 Å². The molecule has 50 valence electrons. The van der Waals surface area contributed by atoms with Gasteiger partial charge in [0, 0.05) is 13.1 Å². The first-order valence-corrected chi connectivity index (χ1v) is 2.96. The number of rotatable bonds is 0. The molecule has 0 aromatic carbocycles. The molecule has 0 radical (unpaired) electrons. The maximum Gasteiger partial charge on any atom is 0.00997 e. The summed E-state index contributed by atoms with van der Waals surface area (Å²) in [5, 5.41) is 0. The van der Waals surface area contributed by atoms with Crippen molar-refractivity contribution in [1.29, 1.82) is 0 Å². The highest BCUT2D eigenvalue weighted by molar-refractivity contribution is 8.93. The Balaban J connectivity index is 0.000000490. The van der Waals surface area contributed by atoms with Gasteiger partial charge in [0.05, 0.1) is 0 Å². The van der Waals surface area contributed by atoms with Crippen LogP contribution in [-0.4, -0.2) is 13.1 Å². The van der Waals surface area contributed by atoms with Gasteiger partial charge in [-0.05, 0) is 12.8 Å². The van der Waals surface area contributed by atoms with Crippen LogP contribution in [0.5, 0.6) is 0 Å². The van der Waals surface area contributed by atoms with E-state index in [2.05, 4.69) is 10.9 Å². The fourth-order valence-electron chi connectivity index (χ4n) is 0.780. The molecule has 1 rings (SSSR count). The Bertz CT molecular complexity index is 30.0. The summed E-state index contributed by atoms with van der Waals surface area (Å²) in [6, 6.07) is 0. The Morgan fingerprint density at radius 1 is 0.750 bits per heavy atom. The van der Waals surface area contributed by atoms with Crippen LogP contribution in [0.1, 0.15) is 19.3 Å². The predicted molar refractivity (Wildman–Crippen MR) is 40.2 cm³/mol. The molecular weight excluding hydrogens is 168 g/mol. The van der Waals surface area contributed by atoms with Crippen molar-refractivity contribution < 1.29 is 0 Å². The maximum absolute atomic E-state index is 3.10. The van der Waals surface area contributed by atoms with Crippen LogP contribution in [0.4, 0.5) is 0 Å². The summed E-state index contributed by atoms with van der Waals surface area (Å²) in [7, 11) is 0. The van der Waals surface area contributed by atoms with E-state index in [1.54, 1.807) is 0 Å². The standard InChI is InChI=1S/C5H12N2.BrH/c1-2-4-6-7-5-3-1;/h6-7H,1-5H2;1H. The van der Waals surface area contributed by atoms with Crippen LogP contribution in [0.15, 0.2) is 0 Å². The first-order chi connectivity index (χ1) is 3.50. The van der Waals surface area contributed by atoms with Gasteiger partial charge in [-0.25, -0.2) is 0 Å². The zero-order valence-electron chi connectivity index (χ0n) is 4.94. The monoisotopic (exact) mass is 180 g/mol. The Hall–Kier alpha value is 0.400. The van der Waals surface area contributed by atoms with Gasteiger partial charge in [0.2, 0.25) is 0 Å². The van der Waals surface area contributed by atoms with Crippen molar-refractivity contribution in [2.75, 3.05) is 13.1 Å². The SMILES string of the molecule is Br.C1CCNNCC1. The molecule has 0 aromatic heterocycles. The van der Waals surface area contributed by atoms with Crippen molar-refractivity contribution in [2.24, 2.45) is 0 Å². The first-order valence-electron chi connectivity index (χ1n) is 2.96. The quantitative estimate of drug-likeness (QED) is 0.578. The molecule has 2 N–H and O–H groups in total. The van der Waals surface area contributed by atoms with E-state index in [0.717, 1.165) is 13.1 Å². The van der Waals surface area contributed by atoms with Crippen molar-refractivity contribution in [3.05, 3.63) is 0 Å². The molecule has 0 atom stereocenters. The lowest BCUT2D eigenvalue weighted by Gasteiger charge is -1.95. The van der Waals surface area contributed by atoms with Crippen molar-refractivity contribution in [3.63, 3.8) is 0 Å².